The molecule has 0 bridgehead atoms. The Morgan fingerprint density at radius 2 is 1.73 bits per heavy atom. The van der Waals surface area contributed by atoms with Gasteiger partial charge in [-0.1, -0.05) is 26.7 Å². The van der Waals surface area contributed by atoms with Crippen LogP contribution in [0.3, 0.4) is 0 Å². The lowest BCUT2D eigenvalue weighted by atomic mass is 9.48. The summed E-state index contributed by atoms with van der Waals surface area (Å²) >= 11 is 0. The maximum atomic E-state index is 11.1. The van der Waals surface area contributed by atoms with E-state index in [1.165, 1.54) is 57.8 Å². The number of hydrogen-bond acceptors (Lipinski definition) is 2. The van der Waals surface area contributed by atoms with Gasteiger partial charge in [0.25, 0.3) is 0 Å². The van der Waals surface area contributed by atoms with E-state index in [0.29, 0.717) is 11.3 Å². The monoisotopic (exact) mass is 362 g/mol. The molecule has 26 heavy (non-hydrogen) atoms. The number of aliphatic hydroxyl groups is 2. The molecule has 2 N–H and O–H groups in total. The van der Waals surface area contributed by atoms with Gasteiger partial charge in [0.05, 0.1) is 11.7 Å². The van der Waals surface area contributed by atoms with Crippen molar-refractivity contribution >= 4 is 0 Å². The molecule has 150 valence electrons. The van der Waals surface area contributed by atoms with Crippen molar-refractivity contribution in [3.63, 3.8) is 0 Å². The Morgan fingerprint density at radius 1 is 0.962 bits per heavy atom. The van der Waals surface area contributed by atoms with Crippen LogP contribution in [0.15, 0.2) is 0 Å². The molecule has 4 fully saturated rings. The predicted molar refractivity (Wildman–Crippen MR) is 107 cm³/mol. The first-order chi connectivity index (χ1) is 12.4. The smallest absolute Gasteiger partial charge is 0.0650 e. The zero-order valence-electron chi connectivity index (χ0n) is 17.4. The van der Waals surface area contributed by atoms with Crippen LogP contribution in [-0.2, 0) is 0 Å². The molecule has 2 heteroatoms. The van der Waals surface area contributed by atoms with Crippen molar-refractivity contribution in [1.29, 1.82) is 0 Å². The van der Waals surface area contributed by atoms with Crippen molar-refractivity contribution in [3.8, 4) is 0 Å². The van der Waals surface area contributed by atoms with Gasteiger partial charge in [0, 0.05) is 0 Å². The van der Waals surface area contributed by atoms with Crippen LogP contribution in [0.5, 0.6) is 0 Å². The molecule has 4 rings (SSSR count). The molecular formula is C24H42O2. The molecule has 0 heterocycles. The van der Waals surface area contributed by atoms with E-state index in [2.05, 4.69) is 13.8 Å². The predicted octanol–water partition coefficient (Wildman–Crippen LogP) is 5.56. The minimum atomic E-state index is -0.349. The Morgan fingerprint density at radius 3 is 2.46 bits per heavy atom. The fraction of sp³-hybridized carbons (Fsp3) is 1.00. The van der Waals surface area contributed by atoms with Gasteiger partial charge in [0.15, 0.2) is 0 Å². The summed E-state index contributed by atoms with van der Waals surface area (Å²) in [5.41, 5.74) is 0.0384. The largest absolute Gasteiger partial charge is 0.393 e. The number of fused-ring (bicyclic) bond motifs is 5. The van der Waals surface area contributed by atoms with Crippen LogP contribution < -0.4 is 0 Å². The van der Waals surface area contributed by atoms with Gasteiger partial charge in [-0.15, -0.1) is 0 Å². The van der Waals surface area contributed by atoms with E-state index >= 15 is 0 Å². The molecule has 0 aromatic carbocycles. The SMILES string of the molecule is CCCC[C@@]1(O)CC[C@H]2[C@H](CC[C@@H]3[C@@H]2CC[C@]2(C)[C@@H]([C@H](C)O)CC[C@@H]32)C1. The van der Waals surface area contributed by atoms with Crippen molar-refractivity contribution in [2.75, 3.05) is 0 Å². The Hall–Kier alpha value is -0.0800. The van der Waals surface area contributed by atoms with E-state index in [1.54, 1.807) is 0 Å². The molecule has 0 aromatic rings. The minimum absolute atomic E-state index is 0.138. The second-order valence-corrected chi connectivity index (χ2v) is 11.0. The third-order valence-electron chi connectivity index (χ3n) is 9.76. The molecule has 0 saturated heterocycles. The summed E-state index contributed by atoms with van der Waals surface area (Å²) in [4.78, 5) is 0. The first-order valence-electron chi connectivity index (χ1n) is 11.8. The second-order valence-electron chi connectivity index (χ2n) is 11.0. The average Bonchev–Trinajstić information content (AvgIpc) is 2.97. The molecule has 4 aliphatic rings. The molecule has 0 unspecified atom stereocenters. The summed E-state index contributed by atoms with van der Waals surface area (Å²) in [7, 11) is 0. The number of rotatable bonds is 4. The van der Waals surface area contributed by atoms with Gasteiger partial charge in [-0.05, 0) is 112 Å². The van der Waals surface area contributed by atoms with E-state index in [0.717, 1.165) is 48.9 Å². The summed E-state index contributed by atoms with van der Waals surface area (Å²) in [6.45, 7) is 6.77. The average molecular weight is 363 g/mol. The molecule has 0 amide bonds. The van der Waals surface area contributed by atoms with Crippen LogP contribution in [0.25, 0.3) is 0 Å². The Labute approximate surface area is 161 Å². The lowest BCUT2D eigenvalue weighted by Crippen LogP contribution is -2.51. The molecule has 2 nitrogen and oxygen atoms in total. The zero-order valence-corrected chi connectivity index (χ0v) is 17.4. The summed E-state index contributed by atoms with van der Waals surface area (Å²) in [5, 5.41) is 21.4. The third kappa shape index (κ3) is 3.08. The molecule has 4 saturated carbocycles. The van der Waals surface area contributed by atoms with E-state index < -0.39 is 0 Å². The van der Waals surface area contributed by atoms with Crippen molar-refractivity contribution < 1.29 is 10.2 Å². The van der Waals surface area contributed by atoms with Crippen molar-refractivity contribution in [2.24, 2.45) is 40.9 Å². The molecule has 0 aliphatic heterocycles. The standard InChI is InChI=1S/C24H42O2/c1-4-5-12-24(26)14-11-18-17(15-24)6-7-20-19(18)10-13-23(3)21(16(2)25)8-9-22(20)23/h16-22,25-26H,4-15H2,1-3H3/t16-,17+,18-,19+,20+,21+,22-,23+,24+/m0/s1. The normalized spacial score (nSPS) is 52.0. The van der Waals surface area contributed by atoms with E-state index in [-0.39, 0.29) is 11.7 Å². The lowest BCUT2D eigenvalue weighted by Gasteiger charge is -2.57. The molecule has 4 aliphatic carbocycles. The van der Waals surface area contributed by atoms with Crippen LogP contribution in [0, 0.1) is 40.9 Å². The fourth-order valence-corrected chi connectivity index (χ4v) is 8.53. The number of aliphatic hydroxyl groups excluding tert-OH is 1. The maximum absolute atomic E-state index is 11.1. The first-order valence-corrected chi connectivity index (χ1v) is 11.8. The maximum Gasteiger partial charge on any atom is 0.0650 e. The highest BCUT2D eigenvalue weighted by Crippen LogP contribution is 2.65. The van der Waals surface area contributed by atoms with Crippen molar-refractivity contribution in [3.05, 3.63) is 0 Å². The van der Waals surface area contributed by atoms with Gasteiger partial charge in [-0.2, -0.15) is 0 Å². The molecule has 0 aromatic heterocycles. The minimum Gasteiger partial charge on any atom is -0.393 e. The first kappa shape index (κ1) is 19.2. The van der Waals surface area contributed by atoms with Gasteiger partial charge >= 0.3 is 0 Å². The van der Waals surface area contributed by atoms with E-state index in [4.69, 9.17) is 0 Å². The van der Waals surface area contributed by atoms with Crippen LogP contribution >= 0.6 is 0 Å². The molecule has 0 spiro atoms. The van der Waals surface area contributed by atoms with Gasteiger partial charge in [0.2, 0.25) is 0 Å². The molecule has 9 atom stereocenters. The van der Waals surface area contributed by atoms with Gasteiger partial charge < -0.3 is 10.2 Å². The quantitative estimate of drug-likeness (QED) is 0.687. The summed E-state index contributed by atoms with van der Waals surface area (Å²) in [6, 6.07) is 0. The van der Waals surface area contributed by atoms with Crippen LogP contribution in [0.2, 0.25) is 0 Å². The van der Waals surface area contributed by atoms with Gasteiger partial charge in [-0.3, -0.25) is 0 Å². The van der Waals surface area contributed by atoms with Crippen LogP contribution in [0.4, 0.5) is 0 Å². The highest BCUT2D eigenvalue weighted by atomic mass is 16.3. The number of hydrogen-bond donors (Lipinski definition) is 2. The Kier molecular flexibility index (Phi) is 5.23. The van der Waals surface area contributed by atoms with E-state index in [1.807, 2.05) is 6.92 Å². The molecular weight excluding hydrogens is 320 g/mol. The Balaban J connectivity index is 1.47. The highest BCUT2D eigenvalue weighted by Gasteiger charge is 2.58. The van der Waals surface area contributed by atoms with Crippen LogP contribution in [0.1, 0.15) is 97.8 Å². The van der Waals surface area contributed by atoms with Gasteiger partial charge in [0.1, 0.15) is 0 Å². The summed E-state index contributed by atoms with van der Waals surface area (Å²) < 4.78 is 0. The zero-order chi connectivity index (χ0) is 18.5. The summed E-state index contributed by atoms with van der Waals surface area (Å²) in [6.07, 6.45) is 14.7. The van der Waals surface area contributed by atoms with Gasteiger partial charge in [-0.25, -0.2) is 0 Å². The third-order valence-corrected chi connectivity index (χ3v) is 9.76. The second kappa shape index (κ2) is 7.07. The van der Waals surface area contributed by atoms with Crippen molar-refractivity contribution in [2.45, 2.75) is 110 Å². The summed E-state index contributed by atoms with van der Waals surface area (Å²) in [5.74, 6) is 4.85. The fourth-order valence-electron chi connectivity index (χ4n) is 8.53. The number of unbranched alkanes of at least 4 members (excludes halogenated alkanes) is 1. The lowest BCUT2D eigenvalue weighted by molar-refractivity contribution is -0.114. The van der Waals surface area contributed by atoms with Crippen LogP contribution in [-0.4, -0.2) is 21.9 Å². The molecule has 0 radical (unpaired) electrons. The Bertz CT molecular complexity index is 502. The van der Waals surface area contributed by atoms with Crippen molar-refractivity contribution in [1.82, 2.24) is 0 Å². The topological polar surface area (TPSA) is 40.5 Å². The van der Waals surface area contributed by atoms with E-state index in [9.17, 15) is 10.2 Å². The highest BCUT2D eigenvalue weighted by molar-refractivity contribution is 5.07.